The maximum absolute atomic E-state index is 12.5. The second kappa shape index (κ2) is 9.75. The fourth-order valence-electron chi connectivity index (χ4n) is 2.60. The molecule has 2 aromatic carbocycles. The van der Waals surface area contributed by atoms with Crippen LogP contribution < -0.4 is 19.5 Å². The Balaban J connectivity index is 1.95. The molecule has 0 saturated carbocycles. The maximum atomic E-state index is 12.5. The molecule has 146 valence electrons. The van der Waals surface area contributed by atoms with Crippen LogP contribution in [-0.2, 0) is 6.42 Å². The average molecular weight is 379 g/mol. The van der Waals surface area contributed by atoms with E-state index in [1.165, 1.54) is 13.2 Å². The van der Waals surface area contributed by atoms with Gasteiger partial charge in [-0.3, -0.25) is 4.79 Å². The van der Waals surface area contributed by atoms with Gasteiger partial charge >= 0.3 is 6.61 Å². The molecule has 27 heavy (non-hydrogen) atoms. The Hall–Kier alpha value is -2.83. The number of methoxy groups -OCH3 is 1. The lowest BCUT2D eigenvalue weighted by Gasteiger charge is -2.12. The van der Waals surface area contributed by atoms with E-state index in [2.05, 4.69) is 10.1 Å². The number of benzene rings is 2. The van der Waals surface area contributed by atoms with E-state index in [1.54, 1.807) is 30.3 Å². The van der Waals surface area contributed by atoms with Crippen molar-refractivity contribution in [2.45, 2.75) is 26.9 Å². The van der Waals surface area contributed by atoms with Gasteiger partial charge in [0.1, 0.15) is 5.75 Å². The van der Waals surface area contributed by atoms with Crippen molar-refractivity contribution in [1.82, 2.24) is 5.32 Å². The number of carbonyl (C=O) groups is 1. The Kier molecular flexibility index (Phi) is 7.40. The SMILES string of the molecule is CCOc1ccc(C(=O)NCCc2ccc(OC)c(OC(F)F)c2)cc1C. The molecule has 0 aliphatic heterocycles. The zero-order valence-electron chi connectivity index (χ0n) is 15.6. The summed E-state index contributed by atoms with van der Waals surface area (Å²) in [4.78, 5) is 12.3. The van der Waals surface area contributed by atoms with Crippen molar-refractivity contribution in [2.75, 3.05) is 20.3 Å². The normalized spacial score (nSPS) is 10.6. The Morgan fingerprint density at radius 3 is 2.48 bits per heavy atom. The van der Waals surface area contributed by atoms with Crippen molar-refractivity contribution >= 4 is 5.91 Å². The van der Waals surface area contributed by atoms with Crippen LogP contribution in [0.15, 0.2) is 36.4 Å². The van der Waals surface area contributed by atoms with Crippen LogP contribution >= 0.6 is 0 Å². The van der Waals surface area contributed by atoms with E-state index in [4.69, 9.17) is 9.47 Å². The second-order valence-electron chi connectivity index (χ2n) is 5.78. The van der Waals surface area contributed by atoms with Gasteiger partial charge in [0.25, 0.3) is 5.91 Å². The highest BCUT2D eigenvalue weighted by atomic mass is 19.3. The minimum Gasteiger partial charge on any atom is -0.494 e. The van der Waals surface area contributed by atoms with E-state index in [9.17, 15) is 13.6 Å². The highest BCUT2D eigenvalue weighted by molar-refractivity contribution is 5.94. The number of alkyl halides is 2. The molecule has 0 aliphatic rings. The van der Waals surface area contributed by atoms with Gasteiger partial charge in [0.05, 0.1) is 13.7 Å². The van der Waals surface area contributed by atoms with Gasteiger partial charge in [-0.05, 0) is 61.7 Å². The molecule has 0 atom stereocenters. The van der Waals surface area contributed by atoms with Crippen LogP contribution in [-0.4, -0.2) is 32.8 Å². The number of amides is 1. The summed E-state index contributed by atoms with van der Waals surface area (Å²) in [5.41, 5.74) is 2.16. The lowest BCUT2D eigenvalue weighted by atomic mass is 10.1. The minimum atomic E-state index is -2.93. The molecule has 0 fully saturated rings. The summed E-state index contributed by atoms with van der Waals surface area (Å²) in [5.74, 6) is 0.740. The van der Waals surface area contributed by atoms with Gasteiger partial charge in [-0.2, -0.15) is 8.78 Å². The summed E-state index contributed by atoms with van der Waals surface area (Å²) in [7, 11) is 1.38. The molecule has 5 nitrogen and oxygen atoms in total. The predicted molar refractivity (Wildman–Crippen MR) is 98.0 cm³/mol. The van der Waals surface area contributed by atoms with Crippen LogP contribution in [0.2, 0.25) is 0 Å². The highest BCUT2D eigenvalue weighted by Gasteiger charge is 2.12. The maximum Gasteiger partial charge on any atom is 0.387 e. The third kappa shape index (κ3) is 5.84. The number of nitrogens with one attached hydrogen (secondary N) is 1. The van der Waals surface area contributed by atoms with Crippen molar-refractivity contribution in [3.63, 3.8) is 0 Å². The van der Waals surface area contributed by atoms with Crippen molar-refractivity contribution < 1.29 is 27.8 Å². The fourth-order valence-corrected chi connectivity index (χ4v) is 2.60. The van der Waals surface area contributed by atoms with Gasteiger partial charge in [0, 0.05) is 12.1 Å². The number of hydrogen-bond donors (Lipinski definition) is 1. The zero-order valence-corrected chi connectivity index (χ0v) is 15.6. The summed E-state index contributed by atoms with van der Waals surface area (Å²) in [6.45, 7) is 1.76. The van der Waals surface area contributed by atoms with E-state index in [1.807, 2.05) is 13.8 Å². The molecule has 1 amide bonds. The van der Waals surface area contributed by atoms with Gasteiger partial charge in [-0.15, -0.1) is 0 Å². The highest BCUT2D eigenvalue weighted by Crippen LogP contribution is 2.29. The Morgan fingerprint density at radius 2 is 1.85 bits per heavy atom. The quantitative estimate of drug-likeness (QED) is 0.716. The summed E-state index contributed by atoms with van der Waals surface area (Å²) in [6, 6.07) is 10.0. The number of carbonyl (C=O) groups excluding carboxylic acids is 1. The summed E-state index contributed by atoms with van der Waals surface area (Å²) in [5, 5.41) is 2.81. The Morgan fingerprint density at radius 1 is 1.11 bits per heavy atom. The van der Waals surface area contributed by atoms with Gasteiger partial charge < -0.3 is 19.5 Å². The molecule has 7 heteroatoms. The van der Waals surface area contributed by atoms with E-state index in [0.29, 0.717) is 25.1 Å². The molecule has 0 heterocycles. The van der Waals surface area contributed by atoms with E-state index >= 15 is 0 Å². The lowest BCUT2D eigenvalue weighted by molar-refractivity contribution is -0.0512. The van der Waals surface area contributed by atoms with Gasteiger partial charge in [0.15, 0.2) is 11.5 Å². The summed E-state index contributed by atoms with van der Waals surface area (Å²) < 4.78 is 39.9. The third-order valence-corrected chi connectivity index (χ3v) is 3.88. The smallest absolute Gasteiger partial charge is 0.387 e. The van der Waals surface area contributed by atoms with Crippen molar-refractivity contribution in [3.8, 4) is 17.2 Å². The standard InChI is InChI=1S/C20H23F2NO4/c1-4-26-16-8-6-15(11-13(16)2)19(24)23-10-9-14-5-7-17(25-3)18(12-14)27-20(21)22/h5-8,11-12,20H,4,9-10H2,1-3H3,(H,23,24). The first kappa shape index (κ1) is 20.5. The molecule has 0 radical (unpaired) electrons. The molecule has 0 aromatic heterocycles. The first-order chi connectivity index (χ1) is 12.9. The van der Waals surface area contributed by atoms with Crippen molar-refractivity contribution in [2.24, 2.45) is 0 Å². The number of hydrogen-bond acceptors (Lipinski definition) is 4. The molecular weight excluding hydrogens is 356 g/mol. The number of ether oxygens (including phenoxy) is 3. The topological polar surface area (TPSA) is 56.8 Å². The van der Waals surface area contributed by atoms with Gasteiger partial charge in [-0.1, -0.05) is 6.07 Å². The van der Waals surface area contributed by atoms with E-state index in [0.717, 1.165) is 16.9 Å². The van der Waals surface area contributed by atoms with Crippen LogP contribution in [0.25, 0.3) is 0 Å². The van der Waals surface area contributed by atoms with Crippen LogP contribution in [0.3, 0.4) is 0 Å². The molecule has 0 saturated heterocycles. The number of aryl methyl sites for hydroxylation is 1. The largest absolute Gasteiger partial charge is 0.494 e. The van der Waals surface area contributed by atoms with Crippen LogP contribution in [0, 0.1) is 6.92 Å². The number of rotatable bonds is 9. The molecule has 2 aromatic rings. The zero-order chi connectivity index (χ0) is 19.8. The van der Waals surface area contributed by atoms with Crippen molar-refractivity contribution in [1.29, 1.82) is 0 Å². The molecule has 1 N–H and O–H groups in total. The summed E-state index contributed by atoms with van der Waals surface area (Å²) in [6.07, 6.45) is 0.464. The van der Waals surface area contributed by atoms with Crippen molar-refractivity contribution in [3.05, 3.63) is 53.1 Å². The molecule has 0 spiro atoms. The van der Waals surface area contributed by atoms with Gasteiger partial charge in [0.2, 0.25) is 0 Å². The second-order valence-corrected chi connectivity index (χ2v) is 5.78. The minimum absolute atomic E-state index is 0.0292. The fraction of sp³-hybridized carbons (Fsp3) is 0.350. The predicted octanol–water partition coefficient (Wildman–Crippen LogP) is 3.98. The first-order valence-electron chi connectivity index (χ1n) is 8.58. The molecule has 0 aliphatic carbocycles. The molecule has 2 rings (SSSR count). The lowest BCUT2D eigenvalue weighted by Crippen LogP contribution is -2.25. The Labute approximate surface area is 157 Å². The third-order valence-electron chi connectivity index (χ3n) is 3.88. The van der Waals surface area contributed by atoms with Crippen LogP contribution in [0.5, 0.6) is 17.2 Å². The average Bonchev–Trinajstić information content (AvgIpc) is 2.63. The first-order valence-corrected chi connectivity index (χ1v) is 8.58. The molecule has 0 unspecified atom stereocenters. The number of halogens is 2. The monoisotopic (exact) mass is 379 g/mol. The van der Waals surface area contributed by atoms with Crippen LogP contribution in [0.1, 0.15) is 28.4 Å². The molecule has 0 bridgehead atoms. The Bertz CT molecular complexity index is 781. The summed E-state index contributed by atoms with van der Waals surface area (Å²) >= 11 is 0. The molecular formula is C20H23F2NO4. The van der Waals surface area contributed by atoms with Gasteiger partial charge in [-0.25, -0.2) is 0 Å². The van der Waals surface area contributed by atoms with Crippen LogP contribution in [0.4, 0.5) is 8.78 Å². The van der Waals surface area contributed by atoms with E-state index < -0.39 is 6.61 Å². The van der Waals surface area contributed by atoms with E-state index in [-0.39, 0.29) is 17.4 Å².